The molecule has 0 unspecified atom stereocenters. The van der Waals surface area contributed by atoms with Gasteiger partial charge in [-0.25, -0.2) is 4.68 Å². The monoisotopic (exact) mass is 280 g/mol. The van der Waals surface area contributed by atoms with E-state index in [-0.39, 0.29) is 0 Å². The number of benzene rings is 1. The van der Waals surface area contributed by atoms with Gasteiger partial charge in [-0.1, -0.05) is 35.0 Å². The first-order chi connectivity index (χ1) is 7.69. The molecule has 2 rings (SSSR count). The highest BCUT2D eigenvalue weighted by Crippen LogP contribution is 2.12. The number of hydrogen-bond donors (Lipinski definition) is 1. The Morgan fingerprint density at radius 1 is 1.31 bits per heavy atom. The Balaban J connectivity index is 2.19. The second kappa shape index (κ2) is 4.65. The summed E-state index contributed by atoms with van der Waals surface area (Å²) in [6, 6.07) is 8.08. The van der Waals surface area contributed by atoms with Gasteiger partial charge in [0.1, 0.15) is 0 Å². The van der Waals surface area contributed by atoms with E-state index < -0.39 is 0 Å². The van der Waals surface area contributed by atoms with Crippen LogP contribution in [0.4, 0.5) is 5.95 Å². The fourth-order valence-corrected chi connectivity index (χ4v) is 1.70. The number of hydrogen-bond acceptors (Lipinski definition) is 3. The molecule has 0 spiro atoms. The van der Waals surface area contributed by atoms with Gasteiger partial charge in [0.05, 0.1) is 6.54 Å². The van der Waals surface area contributed by atoms with Crippen molar-refractivity contribution >= 4 is 21.9 Å². The highest BCUT2D eigenvalue weighted by Gasteiger charge is 2.05. The van der Waals surface area contributed by atoms with Crippen LogP contribution in [-0.2, 0) is 13.0 Å². The molecule has 4 nitrogen and oxygen atoms in total. The SMILES string of the molecule is CCc1nc(N)n(Cc2ccc(Br)cc2)n1. The third-order valence-electron chi connectivity index (χ3n) is 2.31. The Morgan fingerprint density at radius 2 is 2.00 bits per heavy atom. The van der Waals surface area contributed by atoms with Crippen molar-refractivity contribution in [1.82, 2.24) is 14.8 Å². The Hall–Kier alpha value is -1.36. The molecule has 1 heterocycles. The molecule has 2 aromatic rings. The van der Waals surface area contributed by atoms with Crippen LogP contribution < -0.4 is 5.73 Å². The summed E-state index contributed by atoms with van der Waals surface area (Å²) in [5.74, 6) is 1.26. The molecule has 84 valence electrons. The fourth-order valence-electron chi connectivity index (χ4n) is 1.43. The minimum atomic E-state index is 0.472. The van der Waals surface area contributed by atoms with Crippen LogP contribution in [0.1, 0.15) is 18.3 Å². The van der Waals surface area contributed by atoms with Crippen molar-refractivity contribution in [2.45, 2.75) is 19.9 Å². The molecule has 0 bridgehead atoms. The topological polar surface area (TPSA) is 56.7 Å². The molecule has 0 aliphatic heterocycles. The van der Waals surface area contributed by atoms with E-state index in [9.17, 15) is 0 Å². The number of nitrogen functional groups attached to an aromatic ring is 1. The van der Waals surface area contributed by atoms with E-state index in [0.29, 0.717) is 12.5 Å². The highest BCUT2D eigenvalue weighted by molar-refractivity contribution is 9.10. The second-order valence-electron chi connectivity index (χ2n) is 3.52. The van der Waals surface area contributed by atoms with Crippen LogP contribution in [0.15, 0.2) is 28.7 Å². The molecule has 0 saturated heterocycles. The predicted octanol–water partition coefficient (Wildman–Crippen LogP) is 2.23. The molecule has 1 aromatic carbocycles. The van der Waals surface area contributed by atoms with Crippen molar-refractivity contribution in [1.29, 1.82) is 0 Å². The third-order valence-corrected chi connectivity index (χ3v) is 2.83. The molecule has 16 heavy (non-hydrogen) atoms. The van der Waals surface area contributed by atoms with Crippen LogP contribution >= 0.6 is 15.9 Å². The number of nitrogens with two attached hydrogens (primary N) is 1. The lowest BCUT2D eigenvalue weighted by Crippen LogP contribution is -2.06. The van der Waals surface area contributed by atoms with Crippen molar-refractivity contribution in [3.63, 3.8) is 0 Å². The first-order valence-electron chi connectivity index (χ1n) is 5.12. The van der Waals surface area contributed by atoms with Gasteiger partial charge < -0.3 is 5.73 Å². The van der Waals surface area contributed by atoms with E-state index in [0.717, 1.165) is 22.3 Å². The van der Waals surface area contributed by atoms with Crippen molar-refractivity contribution in [3.05, 3.63) is 40.1 Å². The molecule has 1 aromatic heterocycles. The van der Waals surface area contributed by atoms with E-state index in [1.54, 1.807) is 4.68 Å². The summed E-state index contributed by atoms with van der Waals surface area (Å²) in [5.41, 5.74) is 6.93. The summed E-state index contributed by atoms with van der Waals surface area (Å²) < 4.78 is 2.79. The van der Waals surface area contributed by atoms with Crippen LogP contribution in [0.5, 0.6) is 0 Å². The van der Waals surface area contributed by atoms with Crippen molar-refractivity contribution in [2.24, 2.45) is 0 Å². The van der Waals surface area contributed by atoms with E-state index in [2.05, 4.69) is 26.0 Å². The zero-order chi connectivity index (χ0) is 11.5. The van der Waals surface area contributed by atoms with Crippen LogP contribution in [0.25, 0.3) is 0 Å². The molecule has 2 N–H and O–H groups in total. The quantitative estimate of drug-likeness (QED) is 0.938. The molecule has 0 aliphatic rings. The van der Waals surface area contributed by atoms with E-state index in [1.807, 2.05) is 31.2 Å². The van der Waals surface area contributed by atoms with Crippen LogP contribution in [0.2, 0.25) is 0 Å². The molecule has 0 aliphatic carbocycles. The minimum absolute atomic E-state index is 0.472. The third kappa shape index (κ3) is 2.41. The van der Waals surface area contributed by atoms with Gasteiger partial charge in [0.25, 0.3) is 0 Å². The zero-order valence-corrected chi connectivity index (χ0v) is 10.6. The van der Waals surface area contributed by atoms with E-state index in [1.165, 1.54) is 0 Å². The maximum atomic E-state index is 5.77. The standard InChI is InChI=1S/C11H13BrN4/c1-2-10-14-11(13)16(15-10)7-8-3-5-9(12)6-4-8/h3-6H,2,7H2,1H3,(H2,13,14,15). The van der Waals surface area contributed by atoms with Crippen LogP contribution in [0, 0.1) is 0 Å². The smallest absolute Gasteiger partial charge is 0.219 e. The molecule has 0 atom stereocenters. The number of anilines is 1. The molecule has 0 amide bonds. The average Bonchev–Trinajstić information content (AvgIpc) is 2.63. The van der Waals surface area contributed by atoms with Crippen molar-refractivity contribution < 1.29 is 0 Å². The molecular formula is C11H13BrN4. The Bertz CT molecular complexity index is 475. The lowest BCUT2D eigenvalue weighted by Gasteiger charge is -2.02. The van der Waals surface area contributed by atoms with Gasteiger partial charge in [-0.15, -0.1) is 0 Å². The van der Waals surface area contributed by atoms with Crippen molar-refractivity contribution in [3.8, 4) is 0 Å². The van der Waals surface area contributed by atoms with Gasteiger partial charge >= 0.3 is 0 Å². The highest BCUT2D eigenvalue weighted by atomic mass is 79.9. The molecule has 5 heteroatoms. The normalized spacial score (nSPS) is 10.6. The summed E-state index contributed by atoms with van der Waals surface area (Å²) in [7, 11) is 0. The largest absolute Gasteiger partial charge is 0.368 e. The maximum Gasteiger partial charge on any atom is 0.219 e. The minimum Gasteiger partial charge on any atom is -0.368 e. The summed E-state index contributed by atoms with van der Waals surface area (Å²) in [6.45, 7) is 2.67. The Morgan fingerprint density at radius 3 is 2.56 bits per heavy atom. The van der Waals surface area contributed by atoms with Gasteiger partial charge in [-0.3, -0.25) is 0 Å². The summed E-state index contributed by atoms with van der Waals surface area (Å²) in [4.78, 5) is 4.16. The Labute approximate surface area is 103 Å². The zero-order valence-electron chi connectivity index (χ0n) is 9.02. The number of halogens is 1. The maximum absolute atomic E-state index is 5.77. The molecule has 0 saturated carbocycles. The van der Waals surface area contributed by atoms with Gasteiger partial charge in [-0.05, 0) is 17.7 Å². The molecule has 0 fully saturated rings. The van der Waals surface area contributed by atoms with Crippen LogP contribution in [-0.4, -0.2) is 14.8 Å². The van der Waals surface area contributed by atoms with Gasteiger partial charge in [0, 0.05) is 10.9 Å². The first kappa shape index (κ1) is 11.1. The summed E-state index contributed by atoms with van der Waals surface area (Å²) in [6.07, 6.45) is 0.803. The molecular weight excluding hydrogens is 268 g/mol. The average molecular weight is 281 g/mol. The van der Waals surface area contributed by atoms with Gasteiger partial charge in [-0.2, -0.15) is 10.1 Å². The first-order valence-corrected chi connectivity index (χ1v) is 5.92. The fraction of sp³-hybridized carbons (Fsp3) is 0.273. The van der Waals surface area contributed by atoms with Gasteiger partial charge in [0.2, 0.25) is 5.95 Å². The Kier molecular flexibility index (Phi) is 3.24. The lowest BCUT2D eigenvalue weighted by molar-refractivity contribution is 0.682. The number of aromatic nitrogens is 3. The van der Waals surface area contributed by atoms with E-state index in [4.69, 9.17) is 5.73 Å². The predicted molar refractivity (Wildman–Crippen MR) is 67.1 cm³/mol. The second-order valence-corrected chi connectivity index (χ2v) is 4.44. The number of aryl methyl sites for hydroxylation is 1. The molecule has 0 radical (unpaired) electrons. The summed E-state index contributed by atoms with van der Waals surface area (Å²) >= 11 is 3.40. The number of rotatable bonds is 3. The van der Waals surface area contributed by atoms with E-state index >= 15 is 0 Å². The van der Waals surface area contributed by atoms with Crippen molar-refractivity contribution in [2.75, 3.05) is 5.73 Å². The lowest BCUT2D eigenvalue weighted by atomic mass is 10.2. The summed E-state index contributed by atoms with van der Waals surface area (Å²) in [5, 5.41) is 4.31. The van der Waals surface area contributed by atoms with Crippen LogP contribution in [0.3, 0.4) is 0 Å². The van der Waals surface area contributed by atoms with Gasteiger partial charge in [0.15, 0.2) is 5.82 Å². The number of nitrogens with zero attached hydrogens (tertiary/aromatic N) is 3.